The second-order valence-electron chi connectivity index (χ2n) is 5.91. The maximum atomic E-state index is 12.6. The molecule has 0 aliphatic rings. The predicted molar refractivity (Wildman–Crippen MR) is 102 cm³/mol. The highest BCUT2D eigenvalue weighted by molar-refractivity contribution is 5.91. The average molecular weight is 354 g/mol. The van der Waals surface area contributed by atoms with Crippen LogP contribution in [0.5, 0.6) is 11.5 Å². The number of hydrogen-bond donors (Lipinski definition) is 1. The largest absolute Gasteiger partial charge is 0.493 e. The average Bonchev–Trinajstić information content (AvgIpc) is 2.68. The predicted octanol–water partition coefficient (Wildman–Crippen LogP) is 2.83. The Bertz CT molecular complexity index is 998. The van der Waals surface area contributed by atoms with E-state index in [-0.39, 0.29) is 5.56 Å². The molecular formula is C19H22N4O3. The topological polar surface area (TPSA) is 78.3 Å². The summed E-state index contributed by atoms with van der Waals surface area (Å²) in [5.41, 5.74) is 2.04. The van der Waals surface area contributed by atoms with Crippen molar-refractivity contribution in [1.82, 2.24) is 14.5 Å². The maximum Gasteiger partial charge on any atom is 0.264 e. The van der Waals surface area contributed by atoms with Crippen molar-refractivity contribution in [3.05, 3.63) is 40.9 Å². The van der Waals surface area contributed by atoms with Crippen LogP contribution >= 0.6 is 0 Å². The number of nitrogens with zero attached hydrogens (tertiary/aromatic N) is 3. The molecule has 3 aromatic rings. The Labute approximate surface area is 151 Å². The zero-order valence-corrected chi connectivity index (χ0v) is 15.4. The quantitative estimate of drug-likeness (QED) is 0.733. The van der Waals surface area contributed by atoms with Gasteiger partial charge in [0.25, 0.3) is 5.56 Å². The van der Waals surface area contributed by atoms with Crippen LogP contribution in [0.3, 0.4) is 0 Å². The van der Waals surface area contributed by atoms with Crippen LogP contribution in [0.15, 0.2) is 35.4 Å². The standard InChI is InChI=1S/C19H22N4O3/c1-5-8-20-18-17-14(21-11-23(2)19(17)24)10-13(22-18)12-6-7-15(25-3)16(9-12)26-4/h6-7,9-11H,5,8H2,1-4H3,(H,20,22). The Morgan fingerprint density at radius 2 is 1.92 bits per heavy atom. The number of fused-ring (bicyclic) bond motifs is 1. The number of anilines is 1. The van der Waals surface area contributed by atoms with Crippen molar-refractivity contribution in [3.8, 4) is 22.8 Å². The first-order valence-electron chi connectivity index (χ1n) is 8.41. The number of aryl methyl sites for hydroxylation is 1. The van der Waals surface area contributed by atoms with E-state index in [4.69, 9.17) is 9.47 Å². The summed E-state index contributed by atoms with van der Waals surface area (Å²) >= 11 is 0. The Hall–Kier alpha value is -3.09. The molecule has 2 aromatic heterocycles. The second kappa shape index (κ2) is 7.43. The lowest BCUT2D eigenvalue weighted by molar-refractivity contribution is 0.355. The minimum atomic E-state index is -0.125. The van der Waals surface area contributed by atoms with Crippen molar-refractivity contribution < 1.29 is 9.47 Å². The van der Waals surface area contributed by atoms with Gasteiger partial charge >= 0.3 is 0 Å². The molecule has 0 bridgehead atoms. The molecule has 0 amide bonds. The molecule has 0 unspecified atom stereocenters. The first kappa shape index (κ1) is 17.7. The number of nitrogens with one attached hydrogen (secondary N) is 1. The Morgan fingerprint density at radius 1 is 1.15 bits per heavy atom. The summed E-state index contributed by atoms with van der Waals surface area (Å²) in [6.45, 7) is 2.78. The van der Waals surface area contributed by atoms with Crippen LogP contribution in [0.4, 0.5) is 5.82 Å². The molecule has 0 aliphatic carbocycles. The second-order valence-corrected chi connectivity index (χ2v) is 5.91. The number of ether oxygens (including phenoxy) is 2. The van der Waals surface area contributed by atoms with E-state index in [1.807, 2.05) is 24.3 Å². The van der Waals surface area contributed by atoms with Gasteiger partial charge in [-0.3, -0.25) is 4.79 Å². The first-order valence-corrected chi connectivity index (χ1v) is 8.41. The van der Waals surface area contributed by atoms with Gasteiger partial charge in [-0.25, -0.2) is 9.97 Å². The lowest BCUT2D eigenvalue weighted by atomic mass is 10.1. The van der Waals surface area contributed by atoms with Gasteiger partial charge in [-0.2, -0.15) is 0 Å². The zero-order valence-electron chi connectivity index (χ0n) is 15.4. The normalized spacial score (nSPS) is 10.8. The molecule has 0 aliphatic heterocycles. The van der Waals surface area contributed by atoms with Crippen molar-refractivity contribution in [2.24, 2.45) is 7.05 Å². The van der Waals surface area contributed by atoms with Gasteiger partial charge in [-0.15, -0.1) is 0 Å². The number of pyridine rings is 1. The molecule has 0 radical (unpaired) electrons. The fourth-order valence-electron chi connectivity index (χ4n) is 2.74. The molecule has 1 N–H and O–H groups in total. The van der Waals surface area contributed by atoms with E-state index in [9.17, 15) is 4.79 Å². The highest BCUT2D eigenvalue weighted by atomic mass is 16.5. The zero-order chi connectivity index (χ0) is 18.7. The molecule has 26 heavy (non-hydrogen) atoms. The third-order valence-electron chi connectivity index (χ3n) is 4.12. The Kier molecular flexibility index (Phi) is 5.06. The fraction of sp³-hybridized carbons (Fsp3) is 0.316. The van der Waals surface area contributed by atoms with E-state index in [2.05, 4.69) is 22.2 Å². The van der Waals surface area contributed by atoms with Gasteiger partial charge in [-0.05, 0) is 30.7 Å². The highest BCUT2D eigenvalue weighted by Gasteiger charge is 2.14. The summed E-state index contributed by atoms with van der Waals surface area (Å²) in [7, 11) is 4.87. The molecule has 0 spiro atoms. The number of rotatable bonds is 6. The van der Waals surface area contributed by atoms with Crippen LogP contribution in [-0.4, -0.2) is 35.3 Å². The van der Waals surface area contributed by atoms with Crippen molar-refractivity contribution >= 4 is 16.7 Å². The number of aromatic nitrogens is 3. The van der Waals surface area contributed by atoms with Gasteiger partial charge < -0.3 is 19.4 Å². The number of benzene rings is 1. The monoisotopic (exact) mass is 354 g/mol. The van der Waals surface area contributed by atoms with Crippen LogP contribution in [0, 0.1) is 0 Å². The molecule has 0 saturated carbocycles. The maximum absolute atomic E-state index is 12.6. The lowest BCUT2D eigenvalue weighted by Gasteiger charge is -2.13. The molecule has 3 rings (SSSR count). The molecule has 2 heterocycles. The van der Waals surface area contributed by atoms with Crippen molar-refractivity contribution in [1.29, 1.82) is 0 Å². The summed E-state index contributed by atoms with van der Waals surface area (Å²) in [5, 5.41) is 3.74. The van der Waals surface area contributed by atoms with Gasteiger partial charge in [0.05, 0.1) is 31.8 Å². The summed E-state index contributed by atoms with van der Waals surface area (Å²) < 4.78 is 12.1. The fourth-order valence-corrected chi connectivity index (χ4v) is 2.74. The molecule has 7 heteroatoms. The molecule has 1 aromatic carbocycles. The van der Waals surface area contributed by atoms with Gasteiger partial charge in [0, 0.05) is 19.2 Å². The van der Waals surface area contributed by atoms with E-state index < -0.39 is 0 Å². The molecule has 0 fully saturated rings. The van der Waals surface area contributed by atoms with Crippen LogP contribution in [0.2, 0.25) is 0 Å². The molecule has 136 valence electrons. The molecular weight excluding hydrogens is 332 g/mol. The van der Waals surface area contributed by atoms with Gasteiger partial charge in [-0.1, -0.05) is 6.92 Å². The summed E-state index contributed by atoms with van der Waals surface area (Å²) in [6, 6.07) is 7.41. The Morgan fingerprint density at radius 3 is 2.62 bits per heavy atom. The SMILES string of the molecule is CCCNc1nc(-c2ccc(OC)c(OC)c2)cc2ncn(C)c(=O)c12. The van der Waals surface area contributed by atoms with Gasteiger partial charge in [0.1, 0.15) is 11.2 Å². The van der Waals surface area contributed by atoms with Gasteiger partial charge in [0.15, 0.2) is 11.5 Å². The molecule has 0 saturated heterocycles. The lowest BCUT2D eigenvalue weighted by Crippen LogP contribution is -2.19. The van der Waals surface area contributed by atoms with E-state index >= 15 is 0 Å². The molecule has 0 atom stereocenters. The van der Waals surface area contributed by atoms with E-state index in [1.54, 1.807) is 21.3 Å². The number of hydrogen-bond acceptors (Lipinski definition) is 6. The highest BCUT2D eigenvalue weighted by Crippen LogP contribution is 2.33. The minimum Gasteiger partial charge on any atom is -0.493 e. The summed E-state index contributed by atoms with van der Waals surface area (Å²) in [6.07, 6.45) is 2.44. The Balaban J connectivity index is 2.21. The van der Waals surface area contributed by atoms with Crippen molar-refractivity contribution in [2.75, 3.05) is 26.1 Å². The van der Waals surface area contributed by atoms with E-state index in [0.717, 1.165) is 18.5 Å². The number of methoxy groups -OCH3 is 2. The van der Waals surface area contributed by atoms with E-state index in [0.29, 0.717) is 33.9 Å². The first-order chi connectivity index (χ1) is 12.6. The van der Waals surface area contributed by atoms with Crippen LogP contribution in [0.25, 0.3) is 22.2 Å². The summed E-state index contributed by atoms with van der Waals surface area (Å²) in [4.78, 5) is 21.6. The third-order valence-corrected chi connectivity index (χ3v) is 4.12. The van der Waals surface area contributed by atoms with Gasteiger partial charge in [0.2, 0.25) is 0 Å². The minimum absolute atomic E-state index is 0.125. The smallest absolute Gasteiger partial charge is 0.264 e. The molecule has 7 nitrogen and oxygen atoms in total. The van der Waals surface area contributed by atoms with Crippen LogP contribution < -0.4 is 20.3 Å². The van der Waals surface area contributed by atoms with E-state index in [1.165, 1.54) is 10.9 Å². The van der Waals surface area contributed by atoms with Crippen LogP contribution in [-0.2, 0) is 7.05 Å². The van der Waals surface area contributed by atoms with Crippen LogP contribution in [0.1, 0.15) is 13.3 Å². The van der Waals surface area contributed by atoms with Crippen molar-refractivity contribution in [2.45, 2.75) is 13.3 Å². The van der Waals surface area contributed by atoms with Crippen molar-refractivity contribution in [3.63, 3.8) is 0 Å². The third kappa shape index (κ3) is 3.20. The summed E-state index contributed by atoms with van der Waals surface area (Å²) in [5.74, 6) is 1.81.